The molecule has 92 valence electrons. The predicted octanol–water partition coefficient (Wildman–Crippen LogP) is -0.486. The van der Waals surface area contributed by atoms with Gasteiger partial charge in [-0.2, -0.15) is 0 Å². The quantitative estimate of drug-likeness (QED) is 0.615. The van der Waals surface area contributed by atoms with Crippen molar-refractivity contribution in [3.8, 4) is 5.88 Å². The van der Waals surface area contributed by atoms with E-state index in [1.165, 1.54) is 12.1 Å². The van der Waals surface area contributed by atoms with Crippen LogP contribution in [0.2, 0.25) is 0 Å². The number of hydrogen-bond donors (Lipinski definition) is 3. The van der Waals surface area contributed by atoms with Gasteiger partial charge in [-0.15, -0.1) is 0 Å². The van der Waals surface area contributed by atoms with Crippen LogP contribution in [0.4, 0.5) is 0 Å². The number of nitrogens with one attached hydrogen (secondary N) is 2. The molecule has 1 saturated heterocycles. The van der Waals surface area contributed by atoms with Gasteiger partial charge in [0.25, 0.3) is 11.5 Å². The lowest BCUT2D eigenvalue weighted by atomic mass is 10.1. The predicted molar refractivity (Wildman–Crippen MR) is 62.1 cm³/mol. The van der Waals surface area contributed by atoms with E-state index in [-0.39, 0.29) is 23.4 Å². The summed E-state index contributed by atoms with van der Waals surface area (Å²) < 4.78 is 0. The van der Waals surface area contributed by atoms with E-state index in [1.807, 2.05) is 6.92 Å². The molecule has 1 aliphatic heterocycles. The fourth-order valence-electron chi connectivity index (χ4n) is 1.96. The van der Waals surface area contributed by atoms with Crippen molar-refractivity contribution in [1.29, 1.82) is 0 Å². The fraction of sp³-hybridized carbons (Fsp3) is 0.455. The van der Waals surface area contributed by atoms with Crippen LogP contribution in [0.25, 0.3) is 0 Å². The monoisotopic (exact) mass is 237 g/mol. The van der Waals surface area contributed by atoms with E-state index in [9.17, 15) is 14.7 Å². The third-order valence-electron chi connectivity index (χ3n) is 2.84. The van der Waals surface area contributed by atoms with Gasteiger partial charge in [0, 0.05) is 37.8 Å². The zero-order valence-corrected chi connectivity index (χ0v) is 9.56. The average Bonchev–Trinajstić information content (AvgIpc) is 2.27. The van der Waals surface area contributed by atoms with E-state index < -0.39 is 5.56 Å². The first-order chi connectivity index (χ1) is 8.08. The third-order valence-corrected chi connectivity index (χ3v) is 2.84. The zero-order valence-electron chi connectivity index (χ0n) is 9.56. The SMILES string of the molecule is C[C@@H]1CNCCN1C(=O)c1cc(O)[nH]c(=O)c1. The van der Waals surface area contributed by atoms with Gasteiger partial charge in [-0.05, 0) is 6.92 Å². The van der Waals surface area contributed by atoms with Gasteiger partial charge in [0.05, 0.1) is 5.56 Å². The van der Waals surface area contributed by atoms with Crippen molar-refractivity contribution in [2.45, 2.75) is 13.0 Å². The van der Waals surface area contributed by atoms with Crippen LogP contribution in [0.15, 0.2) is 16.9 Å². The number of hydrogen-bond acceptors (Lipinski definition) is 4. The number of nitrogens with zero attached hydrogens (tertiary/aromatic N) is 1. The van der Waals surface area contributed by atoms with E-state index >= 15 is 0 Å². The number of piperazine rings is 1. The number of carbonyl (C=O) groups excluding carboxylic acids is 1. The molecule has 0 saturated carbocycles. The summed E-state index contributed by atoms with van der Waals surface area (Å²) in [5.74, 6) is -0.510. The molecule has 6 nitrogen and oxygen atoms in total. The number of rotatable bonds is 1. The van der Waals surface area contributed by atoms with E-state index in [1.54, 1.807) is 4.90 Å². The van der Waals surface area contributed by atoms with Crippen LogP contribution in [-0.4, -0.2) is 46.6 Å². The molecule has 1 fully saturated rings. The number of amides is 1. The Bertz CT molecular complexity index is 483. The van der Waals surface area contributed by atoms with Gasteiger partial charge >= 0.3 is 0 Å². The van der Waals surface area contributed by atoms with Crippen molar-refractivity contribution in [2.24, 2.45) is 0 Å². The van der Waals surface area contributed by atoms with Crippen molar-refractivity contribution < 1.29 is 9.90 Å². The average molecular weight is 237 g/mol. The molecule has 0 aliphatic carbocycles. The van der Waals surface area contributed by atoms with E-state index in [4.69, 9.17) is 0 Å². The first-order valence-electron chi connectivity index (χ1n) is 5.53. The molecule has 0 aromatic carbocycles. The molecule has 1 aliphatic rings. The molecule has 17 heavy (non-hydrogen) atoms. The maximum absolute atomic E-state index is 12.1. The number of aromatic nitrogens is 1. The minimum atomic E-state index is -0.476. The highest BCUT2D eigenvalue weighted by molar-refractivity contribution is 5.94. The summed E-state index contributed by atoms with van der Waals surface area (Å²) in [5.41, 5.74) is -0.254. The standard InChI is InChI=1S/C11H15N3O3/c1-7-6-12-2-3-14(7)11(17)8-4-9(15)13-10(16)5-8/h4-5,7,12H,2-3,6H2,1H3,(H2,13,15,16)/t7-/m1/s1. The number of carbonyl (C=O) groups is 1. The minimum absolute atomic E-state index is 0.0812. The lowest BCUT2D eigenvalue weighted by molar-refractivity contribution is 0.0655. The van der Waals surface area contributed by atoms with Gasteiger partial charge in [0.2, 0.25) is 0 Å². The molecule has 1 atom stereocenters. The Hall–Kier alpha value is -1.82. The topological polar surface area (TPSA) is 85.4 Å². The summed E-state index contributed by atoms with van der Waals surface area (Å²) >= 11 is 0. The van der Waals surface area contributed by atoms with Gasteiger partial charge in [-0.25, -0.2) is 0 Å². The van der Waals surface area contributed by atoms with Crippen LogP contribution < -0.4 is 10.9 Å². The second-order valence-electron chi connectivity index (χ2n) is 4.17. The van der Waals surface area contributed by atoms with Crippen LogP contribution >= 0.6 is 0 Å². The van der Waals surface area contributed by atoms with Crippen LogP contribution in [0.1, 0.15) is 17.3 Å². The summed E-state index contributed by atoms with van der Waals surface area (Å²) in [6.45, 7) is 4.02. The molecule has 2 heterocycles. The number of pyridine rings is 1. The second-order valence-corrected chi connectivity index (χ2v) is 4.17. The van der Waals surface area contributed by atoms with Crippen molar-refractivity contribution in [2.75, 3.05) is 19.6 Å². The minimum Gasteiger partial charge on any atom is -0.494 e. The number of aromatic amines is 1. The Labute approximate surface area is 98.3 Å². The van der Waals surface area contributed by atoms with Gasteiger partial charge in [0.1, 0.15) is 0 Å². The highest BCUT2D eigenvalue weighted by Gasteiger charge is 2.24. The molecule has 1 aromatic rings. The van der Waals surface area contributed by atoms with Gasteiger partial charge < -0.3 is 15.3 Å². The Balaban J connectivity index is 2.26. The maximum Gasteiger partial charge on any atom is 0.254 e. The number of aromatic hydroxyl groups is 1. The van der Waals surface area contributed by atoms with Crippen molar-refractivity contribution in [3.05, 3.63) is 28.0 Å². The first-order valence-corrected chi connectivity index (χ1v) is 5.53. The molecule has 0 unspecified atom stereocenters. The smallest absolute Gasteiger partial charge is 0.254 e. The van der Waals surface area contributed by atoms with E-state index in [2.05, 4.69) is 10.3 Å². The van der Waals surface area contributed by atoms with Gasteiger partial charge in [-0.3, -0.25) is 14.6 Å². The van der Waals surface area contributed by atoms with Crippen LogP contribution in [-0.2, 0) is 0 Å². The molecular weight excluding hydrogens is 222 g/mol. The van der Waals surface area contributed by atoms with Crippen molar-refractivity contribution in [3.63, 3.8) is 0 Å². The van der Waals surface area contributed by atoms with Crippen molar-refractivity contribution in [1.82, 2.24) is 15.2 Å². The van der Waals surface area contributed by atoms with Crippen molar-refractivity contribution >= 4 is 5.91 Å². The molecule has 0 radical (unpaired) electrons. The summed E-state index contributed by atoms with van der Waals surface area (Å²) in [7, 11) is 0. The Kier molecular flexibility index (Phi) is 3.14. The lowest BCUT2D eigenvalue weighted by Gasteiger charge is -2.34. The van der Waals surface area contributed by atoms with Gasteiger partial charge in [0.15, 0.2) is 5.88 Å². The van der Waals surface area contributed by atoms with Crippen LogP contribution in [0, 0.1) is 0 Å². The normalized spacial score (nSPS) is 20.3. The second kappa shape index (κ2) is 4.58. The lowest BCUT2D eigenvalue weighted by Crippen LogP contribution is -2.52. The largest absolute Gasteiger partial charge is 0.494 e. The van der Waals surface area contributed by atoms with E-state index in [0.29, 0.717) is 6.54 Å². The summed E-state index contributed by atoms with van der Waals surface area (Å²) in [4.78, 5) is 27.2. The number of H-pyrrole nitrogens is 1. The summed E-state index contributed by atoms with van der Waals surface area (Å²) in [5, 5.41) is 12.5. The first kappa shape index (κ1) is 11.7. The summed E-state index contributed by atoms with van der Waals surface area (Å²) in [6, 6.07) is 2.56. The highest BCUT2D eigenvalue weighted by atomic mass is 16.3. The van der Waals surface area contributed by atoms with Gasteiger partial charge in [-0.1, -0.05) is 0 Å². The maximum atomic E-state index is 12.1. The Morgan fingerprint density at radius 2 is 2.29 bits per heavy atom. The molecule has 1 aromatic heterocycles. The zero-order chi connectivity index (χ0) is 12.4. The Morgan fingerprint density at radius 1 is 1.53 bits per heavy atom. The molecule has 3 N–H and O–H groups in total. The van der Waals surface area contributed by atoms with Crippen LogP contribution in [0.5, 0.6) is 5.88 Å². The summed E-state index contributed by atoms with van der Waals surface area (Å²) in [6.07, 6.45) is 0. The fourth-order valence-corrected chi connectivity index (χ4v) is 1.96. The highest BCUT2D eigenvalue weighted by Crippen LogP contribution is 2.11. The third kappa shape index (κ3) is 2.47. The molecule has 0 spiro atoms. The molecule has 1 amide bonds. The molecular formula is C11H15N3O3. The molecule has 6 heteroatoms. The van der Waals surface area contributed by atoms with Crippen LogP contribution in [0.3, 0.4) is 0 Å². The Morgan fingerprint density at radius 3 is 2.94 bits per heavy atom. The van der Waals surface area contributed by atoms with E-state index in [0.717, 1.165) is 13.1 Å². The molecule has 0 bridgehead atoms. The molecule has 2 rings (SSSR count).